The van der Waals surface area contributed by atoms with E-state index in [9.17, 15) is 14.6 Å². The summed E-state index contributed by atoms with van der Waals surface area (Å²) in [4.78, 5) is 7.05. The Bertz CT molecular complexity index is 738. The van der Waals surface area contributed by atoms with E-state index in [-0.39, 0.29) is 10.2 Å². The van der Waals surface area contributed by atoms with Gasteiger partial charge in [-0.2, -0.15) is 0 Å². The van der Waals surface area contributed by atoms with E-state index in [1.54, 1.807) is 6.92 Å². The van der Waals surface area contributed by atoms with Crippen molar-refractivity contribution in [2.75, 3.05) is 6.61 Å². The molecule has 0 bridgehead atoms. The first-order valence-electron chi connectivity index (χ1n) is 6.75. The van der Waals surface area contributed by atoms with E-state index in [1.807, 2.05) is 0 Å². The predicted molar refractivity (Wildman–Crippen MR) is 77.5 cm³/mol. The van der Waals surface area contributed by atoms with Gasteiger partial charge in [0.15, 0.2) is 0 Å². The van der Waals surface area contributed by atoms with Crippen LogP contribution in [-0.2, 0) is 4.74 Å². The van der Waals surface area contributed by atoms with Crippen molar-refractivity contribution in [3.63, 3.8) is 0 Å². The summed E-state index contributed by atoms with van der Waals surface area (Å²) in [7, 11) is 0. The van der Waals surface area contributed by atoms with Gasteiger partial charge < -0.3 is 25.0 Å². The fourth-order valence-electron chi connectivity index (χ4n) is 2.64. The maximum absolute atomic E-state index is 14.1. The lowest BCUT2D eigenvalue weighted by molar-refractivity contribution is -0.0229. The average Bonchev–Trinajstić information content (AvgIpc) is 2.74. The van der Waals surface area contributed by atoms with E-state index in [0.29, 0.717) is 17.1 Å². The lowest BCUT2D eigenvalue weighted by Gasteiger charge is -2.17. The molecule has 3 aliphatic heterocycles. The number of nitrogens with zero attached hydrogens (tertiary/aromatic N) is 1. The molecule has 1 saturated heterocycles. The number of H-pyrrole nitrogens is 1. The number of ether oxygens (including phenoxy) is 1. The SMILES string of the molecule is Cc1cc(F)c2cc([C@@H]3O[C@H](CO)C(O)[C@@H]3O)c(=S)nc-2[nH]1. The Morgan fingerprint density at radius 3 is 2.73 bits per heavy atom. The summed E-state index contributed by atoms with van der Waals surface area (Å²) in [5.41, 5.74) is 1.13. The van der Waals surface area contributed by atoms with E-state index in [1.165, 1.54) is 12.1 Å². The fraction of sp³-hybridized carbons (Fsp3) is 0.429. The van der Waals surface area contributed by atoms with Crippen LogP contribution < -0.4 is 0 Å². The van der Waals surface area contributed by atoms with E-state index in [4.69, 9.17) is 22.1 Å². The zero-order valence-corrected chi connectivity index (χ0v) is 12.5. The normalized spacial score (nSPS) is 28.4. The van der Waals surface area contributed by atoms with Gasteiger partial charge in [-0.1, -0.05) is 12.2 Å². The Labute approximate surface area is 130 Å². The number of rotatable bonds is 2. The first-order valence-corrected chi connectivity index (χ1v) is 7.15. The van der Waals surface area contributed by atoms with Gasteiger partial charge in [0.25, 0.3) is 0 Å². The molecule has 0 aromatic carbocycles. The summed E-state index contributed by atoms with van der Waals surface area (Å²) in [5, 5.41) is 29.0. The summed E-state index contributed by atoms with van der Waals surface area (Å²) in [6.45, 7) is 1.26. The third kappa shape index (κ3) is 2.42. The van der Waals surface area contributed by atoms with Crippen LogP contribution in [0.4, 0.5) is 4.39 Å². The number of hydrogen-bond donors (Lipinski definition) is 4. The van der Waals surface area contributed by atoms with E-state index >= 15 is 0 Å². The predicted octanol–water partition coefficient (Wildman–Crippen LogP) is 0.846. The second kappa shape index (κ2) is 5.64. The topological polar surface area (TPSA) is 98.6 Å². The second-order valence-electron chi connectivity index (χ2n) is 5.34. The molecule has 0 aliphatic carbocycles. The first kappa shape index (κ1) is 15.4. The number of aryl methyl sites for hydroxylation is 1. The average molecular weight is 326 g/mol. The van der Waals surface area contributed by atoms with Crippen molar-refractivity contribution in [1.82, 2.24) is 9.97 Å². The van der Waals surface area contributed by atoms with E-state index in [2.05, 4.69) is 9.97 Å². The van der Waals surface area contributed by atoms with Crippen molar-refractivity contribution < 1.29 is 24.4 Å². The molecule has 4 N–H and O–H groups in total. The van der Waals surface area contributed by atoms with Gasteiger partial charge in [0.05, 0.1) is 12.2 Å². The molecular weight excluding hydrogens is 311 g/mol. The number of hydrogen-bond acceptors (Lipinski definition) is 6. The highest BCUT2D eigenvalue weighted by molar-refractivity contribution is 7.71. The van der Waals surface area contributed by atoms with Gasteiger partial charge in [-0.25, -0.2) is 9.37 Å². The minimum absolute atomic E-state index is 0.142. The minimum Gasteiger partial charge on any atom is -0.394 e. The maximum Gasteiger partial charge on any atom is 0.142 e. The fourth-order valence-corrected chi connectivity index (χ4v) is 2.91. The number of pyridine rings is 2. The smallest absolute Gasteiger partial charge is 0.142 e. The molecule has 3 aliphatic rings. The molecule has 8 heteroatoms. The van der Waals surface area contributed by atoms with Crippen molar-refractivity contribution in [2.45, 2.75) is 31.3 Å². The zero-order chi connectivity index (χ0) is 16.0. The van der Waals surface area contributed by atoms with Crippen molar-refractivity contribution in [1.29, 1.82) is 0 Å². The van der Waals surface area contributed by atoms with E-state index in [0.717, 1.165) is 0 Å². The molecule has 22 heavy (non-hydrogen) atoms. The number of aromatic nitrogens is 2. The zero-order valence-electron chi connectivity index (χ0n) is 11.7. The molecule has 118 valence electrons. The molecule has 0 spiro atoms. The molecule has 0 aromatic heterocycles. The molecule has 1 unspecified atom stereocenters. The molecule has 3 rings (SSSR count). The molecule has 4 atom stereocenters. The van der Waals surface area contributed by atoms with Gasteiger partial charge >= 0.3 is 0 Å². The van der Waals surface area contributed by atoms with E-state index < -0.39 is 36.8 Å². The number of aliphatic hydroxyl groups is 3. The first-order chi connectivity index (χ1) is 10.4. The van der Waals surface area contributed by atoms with Crippen molar-refractivity contribution in [3.05, 3.63) is 33.8 Å². The summed E-state index contributed by atoms with van der Waals surface area (Å²) in [5.74, 6) is -0.167. The van der Waals surface area contributed by atoms with Crippen LogP contribution in [0.5, 0.6) is 0 Å². The highest BCUT2D eigenvalue weighted by atomic mass is 32.1. The Balaban J connectivity index is 2.11. The van der Waals surface area contributed by atoms with Crippen LogP contribution in [0.3, 0.4) is 0 Å². The van der Waals surface area contributed by atoms with Gasteiger partial charge in [0.2, 0.25) is 0 Å². The molecule has 0 aromatic rings. The van der Waals surface area contributed by atoms with Gasteiger partial charge in [0, 0.05) is 11.3 Å². The Morgan fingerprint density at radius 2 is 2.09 bits per heavy atom. The van der Waals surface area contributed by atoms with Crippen molar-refractivity contribution in [2.24, 2.45) is 0 Å². The number of nitrogens with one attached hydrogen (secondary N) is 1. The molecule has 0 amide bonds. The van der Waals surface area contributed by atoms with Gasteiger partial charge in [-0.15, -0.1) is 0 Å². The number of aliphatic hydroxyl groups excluding tert-OH is 3. The summed E-state index contributed by atoms with van der Waals surface area (Å²) >= 11 is 5.18. The van der Waals surface area contributed by atoms with Crippen LogP contribution in [0, 0.1) is 17.4 Å². The Hall–Kier alpha value is -1.45. The second-order valence-corrected chi connectivity index (χ2v) is 5.72. The maximum atomic E-state index is 14.1. The van der Waals surface area contributed by atoms with Gasteiger partial charge in [0.1, 0.15) is 40.7 Å². The van der Waals surface area contributed by atoms with Crippen LogP contribution in [0.15, 0.2) is 12.1 Å². The number of aromatic amines is 1. The monoisotopic (exact) mass is 326 g/mol. The molecule has 6 nitrogen and oxygen atoms in total. The minimum atomic E-state index is -1.27. The van der Waals surface area contributed by atoms with Gasteiger partial charge in [-0.05, 0) is 19.1 Å². The van der Waals surface area contributed by atoms with Crippen LogP contribution in [0.2, 0.25) is 0 Å². The van der Waals surface area contributed by atoms with Crippen LogP contribution in [0.1, 0.15) is 17.4 Å². The Kier molecular flexibility index (Phi) is 3.96. The highest BCUT2D eigenvalue weighted by Crippen LogP contribution is 2.36. The van der Waals surface area contributed by atoms with Gasteiger partial charge in [-0.3, -0.25) is 0 Å². The molecule has 0 radical (unpaired) electrons. The molecule has 1 fully saturated rings. The lowest BCUT2D eigenvalue weighted by atomic mass is 10.0. The molecule has 0 saturated carbocycles. The van der Waals surface area contributed by atoms with Crippen LogP contribution >= 0.6 is 12.2 Å². The number of halogens is 1. The third-order valence-electron chi connectivity index (χ3n) is 3.78. The Morgan fingerprint density at radius 1 is 1.36 bits per heavy atom. The van der Waals surface area contributed by atoms with Crippen molar-refractivity contribution in [3.8, 4) is 11.4 Å². The highest BCUT2D eigenvalue weighted by Gasteiger charge is 2.43. The van der Waals surface area contributed by atoms with Crippen LogP contribution in [-0.4, -0.2) is 50.2 Å². The summed E-state index contributed by atoms with van der Waals surface area (Å²) in [6.07, 6.45) is -4.39. The largest absolute Gasteiger partial charge is 0.394 e. The molecule has 3 heterocycles. The number of fused-ring (bicyclic) bond motifs is 1. The quantitative estimate of drug-likeness (QED) is 0.611. The lowest BCUT2D eigenvalue weighted by Crippen LogP contribution is -2.32. The summed E-state index contributed by atoms with van der Waals surface area (Å²) < 4.78 is 19.6. The van der Waals surface area contributed by atoms with Crippen LogP contribution in [0.25, 0.3) is 11.4 Å². The summed E-state index contributed by atoms with van der Waals surface area (Å²) in [6, 6.07) is 2.78. The van der Waals surface area contributed by atoms with Crippen molar-refractivity contribution >= 4 is 12.2 Å². The standard InChI is InChI=1S/C14H15FN2O4S/c1-5-2-8(15)6-3-7(14(22)17-13(6)16-5)12-11(20)10(19)9(4-18)21-12/h2-3,9-12,18-20H,4H2,1H3,(H,16,17,22)/t9-,10?,11+,12+/m1/s1. The third-order valence-corrected chi connectivity index (χ3v) is 4.11. The molecular formula is C14H15FN2O4S.